The van der Waals surface area contributed by atoms with Gasteiger partial charge in [0.05, 0.1) is 13.2 Å². The van der Waals surface area contributed by atoms with Gasteiger partial charge in [-0.3, -0.25) is 9.59 Å². The molecule has 2 atom stereocenters. The van der Waals surface area contributed by atoms with Crippen molar-refractivity contribution in [1.82, 2.24) is 0 Å². The summed E-state index contributed by atoms with van der Waals surface area (Å²) in [6, 6.07) is 0. The Hall–Kier alpha value is -1.84. The summed E-state index contributed by atoms with van der Waals surface area (Å²) in [6.45, 7) is 1.92. The van der Waals surface area contributed by atoms with E-state index in [0.717, 1.165) is 89.9 Å². The van der Waals surface area contributed by atoms with E-state index in [-0.39, 0.29) is 24.4 Å². The fraction of sp³-hybridized carbons (Fsp3) is 0.871. The maximum absolute atomic E-state index is 12.2. The van der Waals surface area contributed by atoms with Crippen LogP contribution in [0.25, 0.3) is 0 Å². The minimum Gasteiger partial charge on any atom is -0.457 e. The summed E-state index contributed by atoms with van der Waals surface area (Å²) in [5.41, 5.74) is 0. The topological polar surface area (TPSA) is 147 Å². The van der Waals surface area contributed by atoms with Crippen LogP contribution in [0.3, 0.4) is 0 Å². The molecule has 0 saturated carbocycles. The molecule has 0 amide bonds. The number of ketones is 2. The van der Waals surface area contributed by atoms with Crippen molar-refractivity contribution in [3.8, 4) is 0 Å². The summed E-state index contributed by atoms with van der Waals surface area (Å²) < 4.78 is 10.4. The Morgan fingerprint density at radius 1 is 0.475 bits per heavy atom. The molecule has 0 aliphatic rings. The molecule has 234 valence electrons. The molecule has 0 aromatic rings. The van der Waals surface area contributed by atoms with Crippen molar-refractivity contribution in [3.63, 3.8) is 0 Å². The van der Waals surface area contributed by atoms with Gasteiger partial charge in [-0.15, -0.1) is 0 Å². The summed E-state index contributed by atoms with van der Waals surface area (Å²) >= 11 is 0. The number of unbranched alkanes of at least 4 members (excludes halogenated alkanes) is 14. The van der Waals surface area contributed by atoms with Crippen LogP contribution in [0.1, 0.15) is 142 Å². The highest BCUT2D eigenvalue weighted by molar-refractivity contribution is 5.75. The number of aliphatic hydroxyl groups is 3. The first-order chi connectivity index (χ1) is 19.2. The van der Waals surface area contributed by atoms with E-state index >= 15 is 0 Å². The fourth-order valence-electron chi connectivity index (χ4n) is 4.53. The van der Waals surface area contributed by atoms with E-state index < -0.39 is 43.5 Å². The van der Waals surface area contributed by atoms with Crippen LogP contribution in [-0.4, -0.2) is 70.4 Å². The zero-order valence-electron chi connectivity index (χ0n) is 25.1. The Bertz CT molecular complexity index is 624. The minimum atomic E-state index is -1.53. The van der Waals surface area contributed by atoms with E-state index in [2.05, 4.69) is 0 Å². The molecule has 2 unspecified atom stereocenters. The molecule has 0 aliphatic heterocycles. The van der Waals surface area contributed by atoms with E-state index in [4.69, 9.17) is 9.47 Å². The number of rotatable bonds is 28. The maximum Gasteiger partial charge on any atom is 0.306 e. The molecule has 0 bridgehead atoms. The zero-order valence-corrected chi connectivity index (χ0v) is 25.1. The third-order valence-corrected chi connectivity index (χ3v) is 7.01. The van der Waals surface area contributed by atoms with Gasteiger partial charge in [-0.05, 0) is 39.5 Å². The second-order valence-electron chi connectivity index (χ2n) is 11.0. The maximum atomic E-state index is 12.2. The first kappa shape index (κ1) is 38.2. The Morgan fingerprint density at radius 2 is 0.725 bits per heavy atom. The molecule has 9 nitrogen and oxygen atoms in total. The lowest BCUT2D eigenvalue weighted by atomic mass is 10.1. The van der Waals surface area contributed by atoms with Crippen molar-refractivity contribution < 1.29 is 44.0 Å². The van der Waals surface area contributed by atoms with Gasteiger partial charge in [-0.2, -0.15) is 0 Å². The van der Waals surface area contributed by atoms with Crippen LogP contribution in [0.5, 0.6) is 0 Å². The summed E-state index contributed by atoms with van der Waals surface area (Å²) in [6.07, 6.45) is 13.1. The number of ether oxygens (including phenoxy) is 2. The van der Waals surface area contributed by atoms with Gasteiger partial charge in [0.2, 0.25) is 0 Å². The van der Waals surface area contributed by atoms with Crippen molar-refractivity contribution in [2.24, 2.45) is 0 Å². The third-order valence-electron chi connectivity index (χ3n) is 7.01. The van der Waals surface area contributed by atoms with Crippen molar-refractivity contribution >= 4 is 23.5 Å². The van der Waals surface area contributed by atoms with Crippen LogP contribution >= 0.6 is 0 Å². The first-order valence-corrected chi connectivity index (χ1v) is 15.5. The standard InChI is InChI=1S/C31H56O9/c1-25(34)19-15-11-7-3-5-9-13-17-21-29(36)39-27(23-32)31(38)28(24-33)40-30(37)22-18-14-10-6-4-8-12-16-20-26(2)35/h27-28,31-33,38H,3-24H2,1-2H3. The van der Waals surface area contributed by atoms with E-state index in [1.807, 2.05) is 0 Å². The normalized spacial score (nSPS) is 13.4. The Balaban J connectivity index is 4.03. The van der Waals surface area contributed by atoms with Gasteiger partial charge in [0.15, 0.2) is 12.2 Å². The van der Waals surface area contributed by atoms with Gasteiger partial charge >= 0.3 is 11.9 Å². The Kier molecular flexibility index (Phi) is 24.9. The molecule has 0 aromatic carbocycles. The van der Waals surface area contributed by atoms with Gasteiger partial charge < -0.3 is 34.4 Å². The Morgan fingerprint density at radius 3 is 0.975 bits per heavy atom. The van der Waals surface area contributed by atoms with Crippen LogP contribution in [0.2, 0.25) is 0 Å². The molecule has 40 heavy (non-hydrogen) atoms. The van der Waals surface area contributed by atoms with Gasteiger partial charge in [0, 0.05) is 25.7 Å². The van der Waals surface area contributed by atoms with E-state index in [0.29, 0.717) is 25.7 Å². The molecule has 0 heterocycles. The van der Waals surface area contributed by atoms with Crippen LogP contribution in [0.15, 0.2) is 0 Å². The van der Waals surface area contributed by atoms with Gasteiger partial charge in [-0.25, -0.2) is 0 Å². The van der Waals surface area contributed by atoms with Crippen molar-refractivity contribution in [2.45, 2.75) is 161 Å². The van der Waals surface area contributed by atoms with Gasteiger partial charge in [0.25, 0.3) is 0 Å². The SMILES string of the molecule is CC(=O)CCCCCCCCCCC(=O)OC(CO)C(O)C(CO)OC(=O)CCCCCCCCCCC(C)=O. The molecular formula is C31H56O9. The Labute approximate surface area is 241 Å². The second-order valence-corrected chi connectivity index (χ2v) is 11.0. The lowest BCUT2D eigenvalue weighted by Crippen LogP contribution is -2.46. The molecule has 0 radical (unpaired) electrons. The number of esters is 2. The highest BCUT2D eigenvalue weighted by Crippen LogP contribution is 2.15. The molecule has 0 saturated heterocycles. The number of hydrogen-bond acceptors (Lipinski definition) is 9. The zero-order chi connectivity index (χ0) is 30.0. The van der Waals surface area contributed by atoms with Crippen molar-refractivity contribution in [1.29, 1.82) is 0 Å². The number of carbonyl (C=O) groups excluding carboxylic acids is 4. The van der Waals surface area contributed by atoms with Crippen LogP contribution in [-0.2, 0) is 28.7 Å². The minimum absolute atomic E-state index is 0.157. The molecule has 0 fully saturated rings. The molecule has 0 spiro atoms. The highest BCUT2D eigenvalue weighted by atomic mass is 16.6. The van der Waals surface area contributed by atoms with Crippen LogP contribution < -0.4 is 0 Å². The number of carbonyl (C=O) groups is 4. The lowest BCUT2D eigenvalue weighted by Gasteiger charge is -2.27. The monoisotopic (exact) mass is 572 g/mol. The summed E-state index contributed by atoms with van der Waals surface area (Å²) in [7, 11) is 0. The molecule has 0 rings (SSSR count). The summed E-state index contributed by atoms with van der Waals surface area (Å²) in [5.74, 6) is -0.633. The third kappa shape index (κ3) is 22.9. The van der Waals surface area contributed by atoms with Crippen LogP contribution in [0, 0.1) is 0 Å². The van der Waals surface area contributed by atoms with E-state index in [1.54, 1.807) is 13.8 Å². The van der Waals surface area contributed by atoms with Gasteiger partial charge in [-0.1, -0.05) is 77.0 Å². The predicted octanol–water partition coefficient (Wildman–Crippen LogP) is 5.14. The quantitative estimate of drug-likeness (QED) is 0.0856. The van der Waals surface area contributed by atoms with E-state index in [1.165, 1.54) is 0 Å². The fourth-order valence-corrected chi connectivity index (χ4v) is 4.53. The van der Waals surface area contributed by atoms with E-state index in [9.17, 15) is 34.5 Å². The number of aliphatic hydroxyl groups excluding tert-OH is 3. The smallest absolute Gasteiger partial charge is 0.306 e. The molecule has 0 aliphatic carbocycles. The molecule has 0 aromatic heterocycles. The van der Waals surface area contributed by atoms with Crippen molar-refractivity contribution in [3.05, 3.63) is 0 Å². The largest absolute Gasteiger partial charge is 0.457 e. The summed E-state index contributed by atoms with van der Waals surface area (Å²) in [5, 5.41) is 29.7. The highest BCUT2D eigenvalue weighted by Gasteiger charge is 2.32. The second kappa shape index (κ2) is 26.1. The van der Waals surface area contributed by atoms with Crippen LogP contribution in [0.4, 0.5) is 0 Å². The van der Waals surface area contributed by atoms with Gasteiger partial charge in [0.1, 0.15) is 17.7 Å². The molecule has 9 heteroatoms. The predicted molar refractivity (Wildman–Crippen MR) is 154 cm³/mol. The average molecular weight is 573 g/mol. The molecular weight excluding hydrogens is 516 g/mol. The average Bonchev–Trinajstić information content (AvgIpc) is 2.91. The summed E-state index contributed by atoms with van der Waals surface area (Å²) in [4.78, 5) is 46.2. The van der Waals surface area contributed by atoms with Crippen molar-refractivity contribution in [2.75, 3.05) is 13.2 Å². The number of hydrogen-bond donors (Lipinski definition) is 3. The first-order valence-electron chi connectivity index (χ1n) is 15.5. The molecule has 3 N–H and O–H groups in total. The number of Topliss-reactive ketones (excluding diaryl/α,β-unsaturated/α-hetero) is 2. The lowest BCUT2D eigenvalue weighted by molar-refractivity contribution is -0.177.